The Hall–Kier alpha value is -1.03. The van der Waals surface area contributed by atoms with Gasteiger partial charge in [0.05, 0.1) is 6.61 Å². The van der Waals surface area contributed by atoms with Crippen molar-refractivity contribution in [3.63, 3.8) is 0 Å². The third-order valence-corrected chi connectivity index (χ3v) is 2.68. The predicted octanol–water partition coefficient (Wildman–Crippen LogP) is 1.68. The van der Waals surface area contributed by atoms with Gasteiger partial charge in [0, 0.05) is 28.2 Å². The number of nitrogens with two attached hydrogens (primary N) is 1. The number of rotatable bonds is 3. The van der Waals surface area contributed by atoms with E-state index in [0.29, 0.717) is 11.4 Å². The highest BCUT2D eigenvalue weighted by Crippen LogP contribution is 2.22. The first kappa shape index (κ1) is 10.5. The summed E-state index contributed by atoms with van der Waals surface area (Å²) in [5.41, 5.74) is 7.83. The Kier molecular flexibility index (Phi) is 2.95. The van der Waals surface area contributed by atoms with E-state index in [-0.39, 0.29) is 12.6 Å². The molecule has 0 amide bonds. The topological polar surface area (TPSA) is 62.0 Å². The molecule has 2 rings (SSSR count). The van der Waals surface area contributed by atoms with Crippen molar-refractivity contribution >= 4 is 22.5 Å². The van der Waals surface area contributed by atoms with Gasteiger partial charge in [0.1, 0.15) is 0 Å². The lowest BCUT2D eigenvalue weighted by molar-refractivity contribution is 0.265. The highest BCUT2D eigenvalue weighted by molar-refractivity contribution is 6.31. The largest absolute Gasteiger partial charge is 0.395 e. The molecule has 0 aliphatic rings. The number of aromatic nitrogens is 1. The van der Waals surface area contributed by atoms with Gasteiger partial charge in [0.2, 0.25) is 0 Å². The SMILES string of the molecule is NC(CO)Cc1c[nH]c2ccc(Cl)cc12. The second kappa shape index (κ2) is 4.23. The number of aliphatic hydroxyl groups is 1. The molecule has 0 aliphatic heterocycles. The Morgan fingerprint density at radius 2 is 2.27 bits per heavy atom. The van der Waals surface area contributed by atoms with E-state index >= 15 is 0 Å². The molecule has 1 unspecified atom stereocenters. The number of halogens is 1. The van der Waals surface area contributed by atoms with Crippen molar-refractivity contribution in [2.45, 2.75) is 12.5 Å². The monoisotopic (exact) mass is 224 g/mol. The molecule has 0 aliphatic carbocycles. The molecule has 4 N–H and O–H groups in total. The second-order valence-electron chi connectivity index (χ2n) is 3.65. The lowest BCUT2D eigenvalue weighted by Gasteiger charge is -2.06. The highest BCUT2D eigenvalue weighted by Gasteiger charge is 2.08. The molecule has 0 radical (unpaired) electrons. The van der Waals surface area contributed by atoms with Gasteiger partial charge in [-0.25, -0.2) is 0 Å². The normalized spacial score (nSPS) is 13.3. The molecule has 0 saturated heterocycles. The first-order valence-corrected chi connectivity index (χ1v) is 5.20. The van der Waals surface area contributed by atoms with Crippen LogP contribution in [0.1, 0.15) is 5.56 Å². The molecule has 4 heteroatoms. The maximum Gasteiger partial charge on any atom is 0.0585 e. The van der Waals surface area contributed by atoms with Gasteiger partial charge in [-0.15, -0.1) is 0 Å². The van der Waals surface area contributed by atoms with E-state index in [9.17, 15) is 0 Å². The summed E-state index contributed by atoms with van der Waals surface area (Å²) >= 11 is 5.92. The van der Waals surface area contributed by atoms with Crippen molar-refractivity contribution in [1.82, 2.24) is 4.98 Å². The number of nitrogens with one attached hydrogen (secondary N) is 1. The fraction of sp³-hybridized carbons (Fsp3) is 0.273. The van der Waals surface area contributed by atoms with E-state index in [1.165, 1.54) is 0 Å². The zero-order valence-electron chi connectivity index (χ0n) is 8.20. The molecule has 0 spiro atoms. The van der Waals surface area contributed by atoms with Crippen LogP contribution in [0.15, 0.2) is 24.4 Å². The van der Waals surface area contributed by atoms with E-state index in [1.807, 2.05) is 24.4 Å². The van der Waals surface area contributed by atoms with Crippen LogP contribution in [0.25, 0.3) is 10.9 Å². The van der Waals surface area contributed by atoms with E-state index in [4.69, 9.17) is 22.4 Å². The van der Waals surface area contributed by atoms with Gasteiger partial charge in [0.15, 0.2) is 0 Å². The van der Waals surface area contributed by atoms with Gasteiger partial charge in [-0.05, 0) is 30.2 Å². The summed E-state index contributed by atoms with van der Waals surface area (Å²) in [6, 6.07) is 5.47. The molecule has 0 saturated carbocycles. The third kappa shape index (κ3) is 2.15. The lowest BCUT2D eigenvalue weighted by Crippen LogP contribution is -2.26. The van der Waals surface area contributed by atoms with Gasteiger partial charge in [-0.3, -0.25) is 0 Å². The number of aliphatic hydroxyl groups excluding tert-OH is 1. The Labute approximate surface area is 92.9 Å². The third-order valence-electron chi connectivity index (χ3n) is 2.45. The van der Waals surface area contributed by atoms with Crippen LogP contribution in [-0.2, 0) is 6.42 Å². The van der Waals surface area contributed by atoms with Crippen molar-refractivity contribution in [1.29, 1.82) is 0 Å². The number of aromatic amines is 1. The van der Waals surface area contributed by atoms with Gasteiger partial charge in [-0.1, -0.05) is 11.6 Å². The summed E-state index contributed by atoms with van der Waals surface area (Å²) in [4.78, 5) is 3.15. The Morgan fingerprint density at radius 1 is 1.47 bits per heavy atom. The zero-order valence-corrected chi connectivity index (χ0v) is 8.96. The van der Waals surface area contributed by atoms with Crippen LogP contribution in [-0.4, -0.2) is 22.7 Å². The van der Waals surface area contributed by atoms with Crippen LogP contribution < -0.4 is 5.73 Å². The summed E-state index contributed by atoms with van der Waals surface area (Å²) in [6.45, 7) is -0.00671. The van der Waals surface area contributed by atoms with Crippen LogP contribution in [0.5, 0.6) is 0 Å². The highest BCUT2D eigenvalue weighted by atomic mass is 35.5. The molecular weight excluding hydrogens is 212 g/mol. The number of H-pyrrole nitrogens is 1. The first-order valence-electron chi connectivity index (χ1n) is 4.82. The van der Waals surface area contributed by atoms with Crippen molar-refractivity contribution in [3.05, 3.63) is 35.0 Å². The summed E-state index contributed by atoms with van der Waals surface area (Å²) in [5, 5.41) is 10.7. The van der Waals surface area contributed by atoms with Gasteiger partial charge in [-0.2, -0.15) is 0 Å². The van der Waals surface area contributed by atoms with Gasteiger partial charge >= 0.3 is 0 Å². The van der Waals surface area contributed by atoms with Crippen LogP contribution in [0.3, 0.4) is 0 Å². The van der Waals surface area contributed by atoms with E-state index in [2.05, 4.69) is 4.98 Å². The number of hydrogen-bond acceptors (Lipinski definition) is 2. The van der Waals surface area contributed by atoms with Crippen LogP contribution >= 0.6 is 11.6 Å². The van der Waals surface area contributed by atoms with Crippen LogP contribution in [0.4, 0.5) is 0 Å². The molecule has 1 aromatic heterocycles. The Bertz CT molecular complexity index is 467. The summed E-state index contributed by atoms with van der Waals surface area (Å²) in [7, 11) is 0. The van der Waals surface area contributed by atoms with Crippen molar-refractivity contribution in [2.75, 3.05) is 6.61 Å². The molecule has 80 valence electrons. The standard InChI is InChI=1S/C11H13ClN2O/c12-8-1-2-11-10(4-8)7(5-14-11)3-9(13)6-15/h1-2,4-5,9,14-15H,3,6,13H2. The average molecular weight is 225 g/mol. The number of fused-ring (bicyclic) bond motifs is 1. The summed E-state index contributed by atoms with van der Waals surface area (Å²) < 4.78 is 0. The van der Waals surface area contributed by atoms with Crippen molar-refractivity contribution in [2.24, 2.45) is 5.73 Å². The fourth-order valence-electron chi connectivity index (χ4n) is 1.67. The Balaban J connectivity index is 2.39. The maximum atomic E-state index is 8.90. The number of hydrogen-bond donors (Lipinski definition) is 3. The van der Waals surface area contributed by atoms with E-state index < -0.39 is 0 Å². The molecule has 15 heavy (non-hydrogen) atoms. The minimum Gasteiger partial charge on any atom is -0.395 e. The van der Waals surface area contributed by atoms with Crippen molar-refractivity contribution < 1.29 is 5.11 Å². The van der Waals surface area contributed by atoms with E-state index in [0.717, 1.165) is 16.5 Å². The first-order chi connectivity index (χ1) is 7.20. The van der Waals surface area contributed by atoms with Crippen molar-refractivity contribution in [3.8, 4) is 0 Å². The number of benzene rings is 1. The quantitative estimate of drug-likeness (QED) is 0.743. The maximum absolute atomic E-state index is 8.90. The molecule has 2 aromatic rings. The average Bonchev–Trinajstić information content (AvgIpc) is 2.61. The fourth-order valence-corrected chi connectivity index (χ4v) is 1.84. The molecular formula is C11H13ClN2O. The lowest BCUT2D eigenvalue weighted by atomic mass is 10.1. The van der Waals surface area contributed by atoms with Crippen LogP contribution in [0, 0.1) is 0 Å². The molecule has 3 nitrogen and oxygen atoms in total. The van der Waals surface area contributed by atoms with E-state index in [1.54, 1.807) is 0 Å². The van der Waals surface area contributed by atoms with Gasteiger partial charge < -0.3 is 15.8 Å². The summed E-state index contributed by atoms with van der Waals surface area (Å²) in [6.07, 6.45) is 2.56. The molecule has 1 aromatic carbocycles. The molecule has 1 heterocycles. The molecule has 0 fully saturated rings. The molecule has 0 bridgehead atoms. The minimum atomic E-state index is -0.219. The zero-order chi connectivity index (χ0) is 10.8. The smallest absolute Gasteiger partial charge is 0.0585 e. The predicted molar refractivity (Wildman–Crippen MR) is 62.1 cm³/mol. The Morgan fingerprint density at radius 3 is 3.00 bits per heavy atom. The minimum absolute atomic E-state index is 0.00671. The van der Waals surface area contributed by atoms with Crippen LogP contribution in [0.2, 0.25) is 5.02 Å². The van der Waals surface area contributed by atoms with Gasteiger partial charge in [0.25, 0.3) is 0 Å². The summed E-state index contributed by atoms with van der Waals surface area (Å²) in [5.74, 6) is 0. The second-order valence-corrected chi connectivity index (χ2v) is 4.09. The molecule has 1 atom stereocenters.